The molecule has 1 aromatic heterocycles. The largest absolute Gasteiger partial charge is 0.450 e. The predicted molar refractivity (Wildman–Crippen MR) is 110 cm³/mol. The second-order valence-electron chi connectivity index (χ2n) is 6.01. The number of nitrogens with one attached hydrogen (secondary N) is 1. The molecule has 6 heteroatoms. The molecule has 0 aliphatic heterocycles. The number of fused-ring (bicyclic) bond motifs is 1. The van der Waals surface area contributed by atoms with Crippen LogP contribution in [0.25, 0.3) is 11.0 Å². The molecule has 0 aliphatic carbocycles. The molecule has 0 unspecified atom stereocenters. The third-order valence-electron chi connectivity index (χ3n) is 4.36. The highest BCUT2D eigenvalue weighted by Gasteiger charge is 2.23. The third kappa shape index (κ3) is 4.56. The first-order chi connectivity index (χ1) is 12.6. The van der Waals surface area contributed by atoms with Crippen LogP contribution in [0.2, 0.25) is 0 Å². The van der Waals surface area contributed by atoms with Gasteiger partial charge in [-0.15, -0.1) is 12.4 Å². The number of hydrogen-bond donors (Lipinski definition) is 1. The molecule has 0 fully saturated rings. The molecular weight excluding hydrogens is 364 g/mol. The van der Waals surface area contributed by atoms with E-state index >= 15 is 0 Å². The van der Waals surface area contributed by atoms with Gasteiger partial charge < -0.3 is 9.73 Å². The summed E-state index contributed by atoms with van der Waals surface area (Å²) in [5.74, 6) is -0.257. The minimum Gasteiger partial charge on any atom is -0.450 e. The van der Waals surface area contributed by atoms with Crippen molar-refractivity contribution in [3.8, 4) is 0 Å². The molecule has 5 nitrogen and oxygen atoms in total. The number of ketones is 1. The first kappa shape index (κ1) is 20.7. The summed E-state index contributed by atoms with van der Waals surface area (Å²) in [5.41, 5.74) is 1.53. The van der Waals surface area contributed by atoms with Crippen molar-refractivity contribution >= 4 is 40.8 Å². The molecule has 0 saturated heterocycles. The van der Waals surface area contributed by atoms with Crippen molar-refractivity contribution in [3.05, 3.63) is 65.9 Å². The molecular formula is C21H23ClN2O3. The van der Waals surface area contributed by atoms with E-state index in [-0.39, 0.29) is 36.4 Å². The second-order valence-corrected chi connectivity index (χ2v) is 6.01. The average molecular weight is 387 g/mol. The molecule has 0 atom stereocenters. The van der Waals surface area contributed by atoms with E-state index < -0.39 is 0 Å². The van der Waals surface area contributed by atoms with Crippen LogP contribution < -0.4 is 5.32 Å². The maximum Gasteiger partial charge on any atom is 0.238 e. The molecule has 0 radical (unpaired) electrons. The van der Waals surface area contributed by atoms with Crippen LogP contribution in [0.5, 0.6) is 0 Å². The Morgan fingerprint density at radius 3 is 2.26 bits per heavy atom. The first-order valence-electron chi connectivity index (χ1n) is 8.77. The molecule has 3 aromatic rings. The number of likely N-dealkylation sites (N-methyl/N-ethyl adjacent to an activating group) is 1. The van der Waals surface area contributed by atoms with Gasteiger partial charge in [0, 0.05) is 10.9 Å². The molecule has 27 heavy (non-hydrogen) atoms. The molecule has 2 aromatic carbocycles. The number of benzene rings is 2. The summed E-state index contributed by atoms with van der Waals surface area (Å²) in [6.45, 7) is 5.85. The van der Waals surface area contributed by atoms with Gasteiger partial charge in [0.2, 0.25) is 11.7 Å². The van der Waals surface area contributed by atoms with E-state index in [9.17, 15) is 9.59 Å². The lowest BCUT2D eigenvalue weighted by molar-refractivity contribution is -0.117. The third-order valence-corrected chi connectivity index (χ3v) is 4.36. The minimum atomic E-state index is -0.250. The molecule has 0 aliphatic rings. The molecule has 0 saturated carbocycles. The number of furan rings is 1. The SMILES string of the molecule is CCN(CC)CC(=O)Nc1c(C(=O)c2ccccc2)oc2ccccc12.Cl. The van der Waals surface area contributed by atoms with Crippen LogP contribution in [0, 0.1) is 0 Å². The van der Waals surface area contributed by atoms with Crippen molar-refractivity contribution in [1.29, 1.82) is 0 Å². The maximum atomic E-state index is 12.9. The van der Waals surface area contributed by atoms with Gasteiger partial charge in [0.1, 0.15) is 5.58 Å². The highest BCUT2D eigenvalue weighted by molar-refractivity contribution is 6.17. The fraction of sp³-hybridized carbons (Fsp3) is 0.238. The fourth-order valence-electron chi connectivity index (χ4n) is 2.88. The molecule has 0 bridgehead atoms. The second kappa shape index (κ2) is 9.35. The van der Waals surface area contributed by atoms with Gasteiger partial charge in [-0.3, -0.25) is 14.5 Å². The summed E-state index contributed by atoms with van der Waals surface area (Å²) in [6.07, 6.45) is 0. The average Bonchev–Trinajstić information content (AvgIpc) is 3.04. The van der Waals surface area contributed by atoms with Gasteiger partial charge in [-0.25, -0.2) is 0 Å². The molecule has 142 valence electrons. The Labute approximate surface area is 164 Å². The van der Waals surface area contributed by atoms with Crippen molar-refractivity contribution in [2.45, 2.75) is 13.8 Å². The maximum absolute atomic E-state index is 12.9. The zero-order valence-electron chi connectivity index (χ0n) is 15.4. The summed E-state index contributed by atoms with van der Waals surface area (Å²) in [7, 11) is 0. The van der Waals surface area contributed by atoms with Crippen LogP contribution in [0.3, 0.4) is 0 Å². The summed E-state index contributed by atoms with van der Waals surface area (Å²) in [6, 6.07) is 16.2. The molecule has 1 heterocycles. The van der Waals surface area contributed by atoms with E-state index in [1.807, 2.05) is 43.0 Å². The van der Waals surface area contributed by atoms with Gasteiger partial charge in [-0.05, 0) is 25.2 Å². The minimum absolute atomic E-state index is 0. The van der Waals surface area contributed by atoms with E-state index in [2.05, 4.69) is 5.32 Å². The zero-order chi connectivity index (χ0) is 18.5. The molecule has 1 N–H and O–H groups in total. The Bertz CT molecular complexity index is 918. The van der Waals surface area contributed by atoms with Crippen LogP contribution in [0.4, 0.5) is 5.69 Å². The van der Waals surface area contributed by atoms with Crippen LogP contribution in [0.1, 0.15) is 30.0 Å². The monoisotopic (exact) mass is 386 g/mol. The van der Waals surface area contributed by atoms with Crippen LogP contribution in [0.15, 0.2) is 59.0 Å². The number of hydrogen-bond acceptors (Lipinski definition) is 4. The number of amides is 1. The molecule has 0 spiro atoms. The van der Waals surface area contributed by atoms with E-state index in [1.54, 1.807) is 30.3 Å². The van der Waals surface area contributed by atoms with Gasteiger partial charge >= 0.3 is 0 Å². The Morgan fingerprint density at radius 2 is 1.59 bits per heavy atom. The quantitative estimate of drug-likeness (QED) is 0.612. The highest BCUT2D eigenvalue weighted by atomic mass is 35.5. The molecule has 3 rings (SSSR count). The lowest BCUT2D eigenvalue weighted by Crippen LogP contribution is -2.33. The summed E-state index contributed by atoms with van der Waals surface area (Å²) >= 11 is 0. The number of halogens is 1. The lowest BCUT2D eigenvalue weighted by atomic mass is 10.1. The zero-order valence-corrected chi connectivity index (χ0v) is 16.2. The van der Waals surface area contributed by atoms with E-state index in [0.29, 0.717) is 16.8 Å². The van der Waals surface area contributed by atoms with E-state index in [4.69, 9.17) is 4.42 Å². The Kier molecular flexibility index (Phi) is 7.16. The highest BCUT2D eigenvalue weighted by Crippen LogP contribution is 2.32. The van der Waals surface area contributed by atoms with E-state index in [1.165, 1.54) is 0 Å². The van der Waals surface area contributed by atoms with Gasteiger partial charge in [0.15, 0.2) is 5.76 Å². The number of nitrogens with zero attached hydrogens (tertiary/aromatic N) is 1. The number of para-hydroxylation sites is 1. The van der Waals surface area contributed by atoms with Crippen LogP contribution in [-0.2, 0) is 4.79 Å². The van der Waals surface area contributed by atoms with Crippen LogP contribution in [-0.4, -0.2) is 36.2 Å². The summed E-state index contributed by atoms with van der Waals surface area (Å²) in [5, 5.41) is 3.61. The normalized spacial score (nSPS) is 10.6. The smallest absolute Gasteiger partial charge is 0.238 e. The van der Waals surface area contributed by atoms with Gasteiger partial charge in [0.05, 0.1) is 12.2 Å². The van der Waals surface area contributed by atoms with Gasteiger partial charge in [-0.2, -0.15) is 0 Å². The number of carbonyl (C=O) groups excluding carboxylic acids is 2. The standard InChI is InChI=1S/C21H22N2O3.ClH/c1-3-23(4-2)14-18(24)22-19-16-12-8-9-13-17(16)26-21(19)20(25)15-10-6-5-7-11-15;/h5-13H,3-4,14H2,1-2H3,(H,22,24);1H. The topological polar surface area (TPSA) is 62.6 Å². The van der Waals surface area contributed by atoms with E-state index in [0.717, 1.165) is 18.5 Å². The van der Waals surface area contributed by atoms with Crippen molar-refractivity contribution in [2.75, 3.05) is 25.0 Å². The van der Waals surface area contributed by atoms with Gasteiger partial charge in [-0.1, -0.05) is 56.3 Å². The number of anilines is 1. The molecule has 1 amide bonds. The predicted octanol–water partition coefficient (Wildman–Crippen LogP) is 4.37. The summed E-state index contributed by atoms with van der Waals surface area (Å²) < 4.78 is 5.80. The first-order valence-corrected chi connectivity index (χ1v) is 8.77. The number of rotatable bonds is 7. The van der Waals surface area contributed by atoms with Crippen LogP contribution >= 0.6 is 12.4 Å². The fourth-order valence-corrected chi connectivity index (χ4v) is 2.88. The van der Waals surface area contributed by atoms with Crippen molar-refractivity contribution < 1.29 is 14.0 Å². The summed E-state index contributed by atoms with van der Waals surface area (Å²) in [4.78, 5) is 27.4. The van der Waals surface area contributed by atoms with Crippen molar-refractivity contribution in [1.82, 2.24) is 4.90 Å². The Balaban J connectivity index is 0.00000261. The number of carbonyl (C=O) groups is 2. The van der Waals surface area contributed by atoms with Gasteiger partial charge in [0.25, 0.3) is 0 Å². The van der Waals surface area contributed by atoms with Crippen molar-refractivity contribution in [3.63, 3.8) is 0 Å². The Hall–Kier alpha value is -2.63. The Morgan fingerprint density at radius 1 is 0.963 bits per heavy atom. The van der Waals surface area contributed by atoms with Crippen molar-refractivity contribution in [2.24, 2.45) is 0 Å². The lowest BCUT2D eigenvalue weighted by Gasteiger charge is -2.17.